The van der Waals surface area contributed by atoms with Gasteiger partial charge in [-0.1, -0.05) is 31.5 Å². The third kappa shape index (κ3) is 2.05. The number of pyridine rings is 1. The van der Waals surface area contributed by atoms with Crippen molar-refractivity contribution >= 4 is 0 Å². The molecule has 2 nitrogen and oxygen atoms in total. The molecular weight excluding hydrogens is 270 g/mol. The van der Waals surface area contributed by atoms with Gasteiger partial charge < -0.3 is 4.98 Å². The number of benzene rings is 1. The average Bonchev–Trinajstić information content (AvgIpc) is 2.93. The van der Waals surface area contributed by atoms with Crippen LogP contribution >= 0.6 is 0 Å². The minimum Gasteiger partial charge on any atom is -0.321 e. The maximum Gasteiger partial charge on any atom is 0.251 e. The Balaban J connectivity index is 1.86. The van der Waals surface area contributed by atoms with Crippen molar-refractivity contribution in [2.24, 2.45) is 0 Å². The molecule has 0 spiro atoms. The number of rotatable bonds is 3. The lowest BCUT2D eigenvalue weighted by Crippen LogP contribution is -2.21. The molecule has 4 rings (SSSR count). The van der Waals surface area contributed by atoms with Crippen LogP contribution < -0.4 is 5.56 Å². The van der Waals surface area contributed by atoms with E-state index in [1.54, 1.807) is 0 Å². The van der Waals surface area contributed by atoms with Crippen molar-refractivity contribution in [3.8, 4) is 11.3 Å². The summed E-state index contributed by atoms with van der Waals surface area (Å²) in [5, 5.41) is 0. The van der Waals surface area contributed by atoms with Crippen molar-refractivity contribution in [1.29, 1.82) is 0 Å². The summed E-state index contributed by atoms with van der Waals surface area (Å²) in [7, 11) is 0. The smallest absolute Gasteiger partial charge is 0.251 e. The molecule has 1 aromatic carbocycles. The molecule has 0 unspecified atom stereocenters. The Kier molecular flexibility index (Phi) is 3.40. The number of aromatic nitrogens is 1. The number of hydrogen-bond acceptors (Lipinski definition) is 1. The molecule has 2 aromatic rings. The van der Waals surface area contributed by atoms with Gasteiger partial charge in [0, 0.05) is 17.5 Å². The number of aryl methyl sites for hydroxylation is 1. The van der Waals surface area contributed by atoms with E-state index < -0.39 is 0 Å². The molecule has 0 fully saturated rings. The molecule has 2 aliphatic carbocycles. The fourth-order valence-corrected chi connectivity index (χ4v) is 4.19. The van der Waals surface area contributed by atoms with Crippen LogP contribution in [0.5, 0.6) is 0 Å². The number of H-pyrrole nitrogens is 1. The molecule has 2 heteroatoms. The van der Waals surface area contributed by atoms with E-state index in [-0.39, 0.29) is 5.56 Å². The van der Waals surface area contributed by atoms with Gasteiger partial charge in [-0.25, -0.2) is 0 Å². The van der Waals surface area contributed by atoms with E-state index in [1.165, 1.54) is 47.1 Å². The molecule has 22 heavy (non-hydrogen) atoms. The standard InChI is InChI=1S/C20H23NO/c1-2-3-7-13-8-6-11-15-17(13)12-18-14-9-4-5-10-16(14)20(22)21-19(15)18/h6,8,11H,2-5,7,9-10,12H2,1H3,(H,21,22). The SMILES string of the molecule is CCCCc1cccc2c1Cc1c-2[nH]c(=O)c2c1CCCC2. The Hall–Kier alpha value is -1.83. The van der Waals surface area contributed by atoms with Crippen molar-refractivity contribution in [1.82, 2.24) is 4.98 Å². The number of unbranched alkanes of at least 4 members (excludes halogenated alkanes) is 1. The van der Waals surface area contributed by atoms with E-state index in [4.69, 9.17) is 0 Å². The first-order valence-electron chi connectivity index (χ1n) is 8.67. The van der Waals surface area contributed by atoms with E-state index in [1.807, 2.05) is 0 Å². The summed E-state index contributed by atoms with van der Waals surface area (Å²) >= 11 is 0. The predicted octanol–water partition coefficient (Wildman–Crippen LogP) is 4.17. The quantitative estimate of drug-likeness (QED) is 0.772. The van der Waals surface area contributed by atoms with Gasteiger partial charge in [0.2, 0.25) is 0 Å². The monoisotopic (exact) mass is 293 g/mol. The van der Waals surface area contributed by atoms with Gasteiger partial charge in [0.1, 0.15) is 0 Å². The summed E-state index contributed by atoms with van der Waals surface area (Å²) in [6.07, 6.45) is 9.05. The minimum absolute atomic E-state index is 0.153. The van der Waals surface area contributed by atoms with Gasteiger partial charge in [0.05, 0.1) is 5.69 Å². The van der Waals surface area contributed by atoms with Crippen LogP contribution in [0, 0.1) is 0 Å². The normalized spacial score (nSPS) is 15.3. The van der Waals surface area contributed by atoms with Gasteiger partial charge in [0.25, 0.3) is 5.56 Å². The largest absolute Gasteiger partial charge is 0.321 e. The number of fused-ring (bicyclic) bond motifs is 5. The van der Waals surface area contributed by atoms with Gasteiger partial charge in [-0.05, 0) is 60.8 Å². The molecule has 0 saturated heterocycles. The van der Waals surface area contributed by atoms with Gasteiger partial charge in [-0.3, -0.25) is 4.79 Å². The average molecular weight is 293 g/mol. The molecule has 2 aliphatic rings. The number of nitrogens with one attached hydrogen (secondary N) is 1. The van der Waals surface area contributed by atoms with Crippen LogP contribution in [-0.4, -0.2) is 4.98 Å². The summed E-state index contributed by atoms with van der Waals surface area (Å²) < 4.78 is 0. The molecule has 0 radical (unpaired) electrons. The van der Waals surface area contributed by atoms with Crippen molar-refractivity contribution in [3.63, 3.8) is 0 Å². The van der Waals surface area contributed by atoms with E-state index >= 15 is 0 Å². The first-order chi connectivity index (χ1) is 10.8. The lowest BCUT2D eigenvalue weighted by molar-refractivity contribution is 0.672. The molecule has 0 bridgehead atoms. The van der Waals surface area contributed by atoms with Gasteiger partial charge in [-0.2, -0.15) is 0 Å². The van der Waals surface area contributed by atoms with Crippen LogP contribution in [0.25, 0.3) is 11.3 Å². The first-order valence-corrected chi connectivity index (χ1v) is 8.67. The lowest BCUT2D eigenvalue weighted by atomic mass is 9.88. The molecule has 1 N–H and O–H groups in total. The Morgan fingerprint density at radius 3 is 2.68 bits per heavy atom. The third-order valence-electron chi connectivity index (χ3n) is 5.34. The second-order valence-corrected chi connectivity index (χ2v) is 6.70. The second kappa shape index (κ2) is 5.42. The van der Waals surface area contributed by atoms with E-state index in [0.29, 0.717) is 0 Å². The van der Waals surface area contributed by atoms with E-state index in [0.717, 1.165) is 43.4 Å². The van der Waals surface area contributed by atoms with E-state index in [9.17, 15) is 4.79 Å². The Morgan fingerprint density at radius 2 is 1.86 bits per heavy atom. The highest BCUT2D eigenvalue weighted by atomic mass is 16.1. The molecule has 1 aromatic heterocycles. The maximum atomic E-state index is 12.4. The molecule has 114 valence electrons. The Labute approximate surface area is 131 Å². The van der Waals surface area contributed by atoms with Crippen LogP contribution in [0.3, 0.4) is 0 Å². The molecule has 1 heterocycles. The van der Waals surface area contributed by atoms with Crippen LogP contribution in [0.1, 0.15) is 60.4 Å². The molecule has 0 amide bonds. The van der Waals surface area contributed by atoms with Crippen LogP contribution in [-0.2, 0) is 25.7 Å². The summed E-state index contributed by atoms with van der Waals surface area (Å²) in [6.45, 7) is 2.24. The van der Waals surface area contributed by atoms with Crippen LogP contribution in [0.4, 0.5) is 0 Å². The summed E-state index contributed by atoms with van der Waals surface area (Å²) in [5.41, 5.74) is 9.30. The number of aromatic amines is 1. The summed E-state index contributed by atoms with van der Waals surface area (Å²) in [6, 6.07) is 6.60. The topological polar surface area (TPSA) is 32.9 Å². The highest BCUT2D eigenvalue weighted by Crippen LogP contribution is 2.40. The number of hydrogen-bond donors (Lipinski definition) is 1. The molecular formula is C20H23NO. The lowest BCUT2D eigenvalue weighted by Gasteiger charge is -2.18. The highest BCUT2D eigenvalue weighted by Gasteiger charge is 2.27. The third-order valence-corrected chi connectivity index (χ3v) is 5.34. The van der Waals surface area contributed by atoms with Gasteiger partial charge in [0.15, 0.2) is 0 Å². The first kappa shape index (κ1) is 13.8. The second-order valence-electron chi connectivity index (χ2n) is 6.70. The molecule has 0 aliphatic heterocycles. The van der Waals surface area contributed by atoms with Gasteiger partial charge in [-0.15, -0.1) is 0 Å². The van der Waals surface area contributed by atoms with E-state index in [2.05, 4.69) is 30.1 Å². The highest BCUT2D eigenvalue weighted by molar-refractivity contribution is 5.76. The van der Waals surface area contributed by atoms with Gasteiger partial charge >= 0.3 is 0 Å². The summed E-state index contributed by atoms with van der Waals surface area (Å²) in [5.74, 6) is 0. The van der Waals surface area contributed by atoms with Crippen molar-refractivity contribution < 1.29 is 0 Å². The molecule has 0 saturated carbocycles. The zero-order valence-electron chi connectivity index (χ0n) is 13.3. The summed E-state index contributed by atoms with van der Waals surface area (Å²) in [4.78, 5) is 15.6. The van der Waals surface area contributed by atoms with Crippen molar-refractivity contribution in [3.05, 3.63) is 56.4 Å². The van der Waals surface area contributed by atoms with Crippen molar-refractivity contribution in [2.45, 2.75) is 58.3 Å². The predicted molar refractivity (Wildman–Crippen MR) is 90.6 cm³/mol. The van der Waals surface area contributed by atoms with Crippen LogP contribution in [0.2, 0.25) is 0 Å². The fourth-order valence-electron chi connectivity index (χ4n) is 4.19. The zero-order valence-corrected chi connectivity index (χ0v) is 13.3. The van der Waals surface area contributed by atoms with Crippen LogP contribution in [0.15, 0.2) is 23.0 Å². The minimum atomic E-state index is 0.153. The maximum absolute atomic E-state index is 12.4. The Morgan fingerprint density at radius 1 is 1.05 bits per heavy atom. The Bertz CT molecular complexity index is 785. The van der Waals surface area contributed by atoms with Crippen molar-refractivity contribution in [2.75, 3.05) is 0 Å². The molecule has 0 atom stereocenters. The fraction of sp³-hybridized carbons (Fsp3) is 0.450. The zero-order chi connectivity index (χ0) is 15.1.